The van der Waals surface area contributed by atoms with E-state index in [-0.39, 0.29) is 0 Å². The van der Waals surface area contributed by atoms with Gasteiger partial charge in [-0.25, -0.2) is 0 Å². The molecule has 0 aromatic heterocycles. The first kappa shape index (κ1) is 14.6. The molecule has 0 amide bonds. The lowest BCUT2D eigenvalue weighted by Gasteiger charge is -2.32. The lowest BCUT2D eigenvalue weighted by Crippen LogP contribution is -2.44. The first-order valence-electron chi connectivity index (χ1n) is 7.66. The lowest BCUT2D eigenvalue weighted by atomic mass is 10.2. The van der Waals surface area contributed by atoms with Crippen molar-refractivity contribution in [3.8, 4) is 11.5 Å². The Morgan fingerprint density at radius 1 is 1.29 bits per heavy atom. The molecule has 1 aromatic carbocycles. The molecule has 0 bridgehead atoms. The van der Waals surface area contributed by atoms with Gasteiger partial charge in [0.25, 0.3) is 0 Å². The van der Waals surface area contributed by atoms with E-state index in [9.17, 15) is 5.11 Å². The largest absolute Gasteiger partial charge is 0.508 e. The Hall–Kier alpha value is -1.30. The molecule has 5 nitrogen and oxygen atoms in total. The van der Waals surface area contributed by atoms with E-state index in [1.54, 1.807) is 19.2 Å². The van der Waals surface area contributed by atoms with Gasteiger partial charge in [0.05, 0.1) is 20.3 Å². The second-order valence-corrected chi connectivity index (χ2v) is 5.82. The number of hydrogen-bond acceptors (Lipinski definition) is 5. The molecule has 0 radical (unpaired) electrons. The van der Waals surface area contributed by atoms with Crippen LogP contribution in [0.3, 0.4) is 0 Å². The van der Waals surface area contributed by atoms with E-state index in [2.05, 4.69) is 9.80 Å². The molecule has 5 heteroatoms. The summed E-state index contributed by atoms with van der Waals surface area (Å²) in [6, 6.07) is 6.06. The first-order chi connectivity index (χ1) is 10.3. The van der Waals surface area contributed by atoms with E-state index in [0.717, 1.165) is 57.3 Å². The highest BCUT2D eigenvalue weighted by Crippen LogP contribution is 2.26. The molecule has 1 atom stereocenters. The molecule has 21 heavy (non-hydrogen) atoms. The molecular formula is C16H24N2O3. The van der Waals surface area contributed by atoms with E-state index in [0.29, 0.717) is 11.8 Å². The van der Waals surface area contributed by atoms with Gasteiger partial charge in [-0.3, -0.25) is 9.80 Å². The van der Waals surface area contributed by atoms with Crippen molar-refractivity contribution in [1.29, 1.82) is 0 Å². The molecule has 1 unspecified atom stereocenters. The van der Waals surface area contributed by atoms with Gasteiger partial charge in [-0.15, -0.1) is 0 Å². The van der Waals surface area contributed by atoms with Crippen LogP contribution in [0.25, 0.3) is 0 Å². The third-order valence-electron chi connectivity index (χ3n) is 4.49. The quantitative estimate of drug-likeness (QED) is 0.906. The van der Waals surface area contributed by atoms with Gasteiger partial charge < -0.3 is 14.6 Å². The molecule has 2 aliphatic rings. The maximum absolute atomic E-state index is 10.00. The second kappa shape index (κ2) is 6.64. The molecule has 2 heterocycles. The van der Waals surface area contributed by atoms with Gasteiger partial charge in [-0.05, 0) is 24.6 Å². The van der Waals surface area contributed by atoms with Gasteiger partial charge in [0.15, 0.2) is 0 Å². The topological polar surface area (TPSA) is 45.2 Å². The maximum atomic E-state index is 10.00. The third-order valence-corrected chi connectivity index (χ3v) is 4.49. The number of benzene rings is 1. The Balaban J connectivity index is 1.59. The summed E-state index contributed by atoms with van der Waals surface area (Å²) in [5.41, 5.74) is 0.942. The van der Waals surface area contributed by atoms with Crippen LogP contribution in [-0.4, -0.2) is 67.5 Å². The molecule has 3 rings (SSSR count). The zero-order chi connectivity index (χ0) is 14.7. The monoisotopic (exact) mass is 292 g/mol. The minimum atomic E-state index is 0.352. The van der Waals surface area contributed by atoms with E-state index in [4.69, 9.17) is 9.47 Å². The fraction of sp³-hybridized carbons (Fsp3) is 0.625. The summed E-state index contributed by atoms with van der Waals surface area (Å²) in [6.07, 6.45) is 1.20. The van der Waals surface area contributed by atoms with Crippen molar-refractivity contribution >= 4 is 0 Å². The smallest absolute Gasteiger partial charge is 0.120 e. The van der Waals surface area contributed by atoms with Crippen molar-refractivity contribution in [2.45, 2.75) is 19.0 Å². The third kappa shape index (κ3) is 3.48. The van der Waals surface area contributed by atoms with Crippen molar-refractivity contribution in [3.63, 3.8) is 0 Å². The minimum absolute atomic E-state index is 0.352. The summed E-state index contributed by atoms with van der Waals surface area (Å²) in [4.78, 5) is 4.95. The highest BCUT2D eigenvalue weighted by molar-refractivity contribution is 5.39. The number of likely N-dealkylation sites (tertiary alicyclic amines) is 1. The number of nitrogens with zero attached hydrogens (tertiary/aromatic N) is 2. The van der Waals surface area contributed by atoms with Crippen molar-refractivity contribution in [2.75, 3.05) is 46.5 Å². The maximum Gasteiger partial charge on any atom is 0.120 e. The fourth-order valence-corrected chi connectivity index (χ4v) is 3.25. The van der Waals surface area contributed by atoms with Crippen LogP contribution in [0.4, 0.5) is 0 Å². The van der Waals surface area contributed by atoms with Gasteiger partial charge in [0, 0.05) is 44.3 Å². The minimum Gasteiger partial charge on any atom is -0.508 e. The van der Waals surface area contributed by atoms with Crippen molar-refractivity contribution in [2.24, 2.45) is 0 Å². The summed E-state index contributed by atoms with van der Waals surface area (Å²) in [6.45, 7) is 6.73. The predicted molar refractivity (Wildman–Crippen MR) is 80.7 cm³/mol. The second-order valence-electron chi connectivity index (χ2n) is 5.82. The zero-order valence-corrected chi connectivity index (χ0v) is 12.6. The number of hydrogen-bond donors (Lipinski definition) is 1. The molecule has 116 valence electrons. The van der Waals surface area contributed by atoms with Gasteiger partial charge in [-0.1, -0.05) is 0 Å². The molecule has 2 saturated heterocycles. The Labute approximate surface area is 126 Å². The van der Waals surface area contributed by atoms with Crippen molar-refractivity contribution in [1.82, 2.24) is 9.80 Å². The van der Waals surface area contributed by atoms with Crippen LogP contribution >= 0.6 is 0 Å². The van der Waals surface area contributed by atoms with Crippen LogP contribution in [0.1, 0.15) is 12.0 Å². The fourth-order valence-electron chi connectivity index (χ4n) is 3.25. The zero-order valence-electron chi connectivity index (χ0n) is 12.6. The van der Waals surface area contributed by atoms with Gasteiger partial charge in [0.1, 0.15) is 11.5 Å². The van der Waals surface area contributed by atoms with E-state index in [1.165, 1.54) is 6.42 Å². The van der Waals surface area contributed by atoms with E-state index in [1.807, 2.05) is 6.07 Å². The van der Waals surface area contributed by atoms with Crippen LogP contribution < -0.4 is 4.74 Å². The van der Waals surface area contributed by atoms with Crippen molar-refractivity contribution in [3.05, 3.63) is 23.8 Å². The summed E-state index contributed by atoms with van der Waals surface area (Å²) in [7, 11) is 1.65. The molecule has 0 saturated carbocycles. The lowest BCUT2D eigenvalue weighted by molar-refractivity contribution is 0.0183. The summed E-state index contributed by atoms with van der Waals surface area (Å²) >= 11 is 0. The van der Waals surface area contributed by atoms with Crippen LogP contribution in [0.5, 0.6) is 11.5 Å². The predicted octanol–water partition coefficient (Wildman–Crippen LogP) is 1.31. The molecular weight excluding hydrogens is 268 g/mol. The Kier molecular flexibility index (Phi) is 4.63. The number of methoxy groups -OCH3 is 1. The molecule has 2 fully saturated rings. The highest BCUT2D eigenvalue weighted by atomic mass is 16.5. The number of morpholine rings is 1. The molecule has 2 aliphatic heterocycles. The summed E-state index contributed by atoms with van der Waals surface area (Å²) in [5.74, 6) is 1.15. The van der Waals surface area contributed by atoms with Gasteiger partial charge in [0.2, 0.25) is 0 Å². The van der Waals surface area contributed by atoms with E-state index >= 15 is 0 Å². The SMILES string of the molecule is COc1ccc(O)c(CN2CCC(N3CCOCC3)C2)c1. The van der Waals surface area contributed by atoms with Gasteiger partial charge in [-0.2, -0.15) is 0 Å². The normalized spacial score (nSPS) is 24.3. The van der Waals surface area contributed by atoms with E-state index < -0.39 is 0 Å². The number of rotatable bonds is 4. The Morgan fingerprint density at radius 2 is 2.10 bits per heavy atom. The number of phenolic OH excluding ortho intramolecular Hbond substituents is 1. The average Bonchev–Trinajstić information content (AvgIpc) is 2.99. The molecule has 1 N–H and O–H groups in total. The van der Waals surface area contributed by atoms with Crippen LogP contribution in [0.15, 0.2) is 18.2 Å². The van der Waals surface area contributed by atoms with Gasteiger partial charge >= 0.3 is 0 Å². The summed E-state index contributed by atoms with van der Waals surface area (Å²) in [5, 5.41) is 10.00. The summed E-state index contributed by atoms with van der Waals surface area (Å²) < 4.78 is 10.7. The molecule has 1 aromatic rings. The van der Waals surface area contributed by atoms with Crippen LogP contribution in [0.2, 0.25) is 0 Å². The van der Waals surface area contributed by atoms with Crippen LogP contribution in [-0.2, 0) is 11.3 Å². The highest BCUT2D eigenvalue weighted by Gasteiger charge is 2.28. The number of phenols is 1. The standard InChI is InChI=1S/C16H24N2O3/c1-20-15-2-3-16(19)13(10-15)11-17-5-4-14(12-17)18-6-8-21-9-7-18/h2-3,10,14,19H,4-9,11-12H2,1H3. The Bertz CT molecular complexity index is 475. The number of aromatic hydroxyl groups is 1. The van der Waals surface area contributed by atoms with Crippen LogP contribution in [0, 0.1) is 0 Å². The first-order valence-corrected chi connectivity index (χ1v) is 7.66. The molecule has 0 aliphatic carbocycles. The van der Waals surface area contributed by atoms with Crippen molar-refractivity contribution < 1.29 is 14.6 Å². The Morgan fingerprint density at radius 3 is 2.86 bits per heavy atom. The average molecular weight is 292 g/mol. The number of ether oxygens (including phenoxy) is 2. The molecule has 0 spiro atoms.